The number of hydrogen-bond donors (Lipinski definition) is 1. The van der Waals surface area contributed by atoms with Crippen LogP contribution in [0.25, 0.3) is 0 Å². The first-order valence-corrected chi connectivity index (χ1v) is 7.04. The van der Waals surface area contributed by atoms with Gasteiger partial charge in [0.25, 0.3) is 0 Å². The third kappa shape index (κ3) is 3.30. The van der Waals surface area contributed by atoms with Crippen LogP contribution in [0.5, 0.6) is 0 Å². The Morgan fingerprint density at radius 3 is 2.94 bits per heavy atom. The fourth-order valence-electron chi connectivity index (χ4n) is 2.62. The number of halogens is 1. The number of likely N-dealkylation sites (tertiary alicyclic amines) is 1. The lowest BCUT2D eigenvalue weighted by Crippen LogP contribution is -2.48. The van der Waals surface area contributed by atoms with Crippen molar-refractivity contribution < 1.29 is 5.11 Å². The molecule has 0 aromatic carbocycles. The van der Waals surface area contributed by atoms with Gasteiger partial charge in [-0.1, -0.05) is 6.42 Å². The fraction of sp³-hybridized carbons (Fsp3) is 0.750. The van der Waals surface area contributed by atoms with E-state index in [1.54, 1.807) is 0 Å². The Labute approximate surface area is 111 Å². The lowest BCUT2D eigenvalue weighted by atomic mass is 9.97. The number of aromatic nitrogens is 2. The summed E-state index contributed by atoms with van der Waals surface area (Å²) < 4.78 is 2.96. The van der Waals surface area contributed by atoms with Crippen molar-refractivity contribution in [2.24, 2.45) is 0 Å². The van der Waals surface area contributed by atoms with E-state index in [0.717, 1.165) is 24.0 Å². The Kier molecular flexibility index (Phi) is 4.59. The Hall–Kier alpha value is -0.390. The molecule has 1 aromatic rings. The number of aliphatic hydroxyl groups excluding tert-OH is 1. The predicted molar refractivity (Wildman–Crippen MR) is 70.8 cm³/mol. The molecule has 1 aliphatic heterocycles. The first kappa shape index (κ1) is 13.1. The summed E-state index contributed by atoms with van der Waals surface area (Å²) in [7, 11) is 0. The van der Waals surface area contributed by atoms with Gasteiger partial charge < -0.3 is 5.11 Å². The number of nitrogens with zero attached hydrogens (tertiary/aromatic N) is 3. The molecular formula is C12H20BrN3O. The Morgan fingerprint density at radius 2 is 2.29 bits per heavy atom. The van der Waals surface area contributed by atoms with Crippen LogP contribution < -0.4 is 0 Å². The molecule has 2 heterocycles. The normalized spacial score (nSPS) is 26.3. The quantitative estimate of drug-likeness (QED) is 0.923. The van der Waals surface area contributed by atoms with Gasteiger partial charge >= 0.3 is 0 Å². The maximum Gasteiger partial charge on any atom is 0.0632 e. The molecule has 96 valence electrons. The van der Waals surface area contributed by atoms with Gasteiger partial charge in [-0.05, 0) is 35.7 Å². The first-order chi connectivity index (χ1) is 8.20. The number of piperidine rings is 1. The second-order valence-electron chi connectivity index (χ2n) is 4.78. The largest absolute Gasteiger partial charge is 0.395 e. The molecule has 0 amide bonds. The highest BCUT2D eigenvalue weighted by Crippen LogP contribution is 2.22. The predicted octanol–water partition coefficient (Wildman–Crippen LogP) is 1.88. The summed E-state index contributed by atoms with van der Waals surface area (Å²) in [6, 6.07) is 0.901. The second-order valence-corrected chi connectivity index (χ2v) is 5.69. The van der Waals surface area contributed by atoms with Crippen LogP contribution >= 0.6 is 15.9 Å². The third-order valence-corrected chi connectivity index (χ3v) is 4.00. The topological polar surface area (TPSA) is 41.3 Å². The molecule has 0 saturated carbocycles. The smallest absolute Gasteiger partial charge is 0.0632 e. The molecule has 0 spiro atoms. The molecule has 5 heteroatoms. The summed E-state index contributed by atoms with van der Waals surface area (Å²) in [6.07, 6.45) is 7.38. The second kappa shape index (κ2) is 5.98. The number of aliphatic hydroxyl groups is 1. The van der Waals surface area contributed by atoms with E-state index in [1.807, 2.05) is 17.1 Å². The fourth-order valence-corrected chi connectivity index (χ4v) is 2.95. The molecule has 1 N–H and O–H groups in total. The van der Waals surface area contributed by atoms with Gasteiger partial charge in [0, 0.05) is 24.8 Å². The highest BCUT2D eigenvalue weighted by atomic mass is 79.9. The number of rotatable bonds is 4. The van der Waals surface area contributed by atoms with E-state index >= 15 is 0 Å². The summed E-state index contributed by atoms with van der Waals surface area (Å²) in [4.78, 5) is 2.42. The zero-order chi connectivity index (χ0) is 12.3. The van der Waals surface area contributed by atoms with Crippen molar-refractivity contribution in [2.75, 3.05) is 13.2 Å². The van der Waals surface area contributed by atoms with Crippen molar-refractivity contribution in [3.05, 3.63) is 16.9 Å². The van der Waals surface area contributed by atoms with Gasteiger partial charge in [-0.2, -0.15) is 5.10 Å². The van der Waals surface area contributed by atoms with E-state index < -0.39 is 0 Å². The third-order valence-electron chi connectivity index (χ3n) is 3.59. The molecule has 1 fully saturated rings. The van der Waals surface area contributed by atoms with Crippen LogP contribution in [0.1, 0.15) is 26.2 Å². The molecule has 17 heavy (non-hydrogen) atoms. The standard InChI is InChI=1S/C12H20BrN3O/c1-10-3-2-4-12(9-17)16(10)6-5-15-8-11(13)7-14-15/h7-8,10,12,17H,2-6,9H2,1H3. The van der Waals surface area contributed by atoms with E-state index in [1.165, 1.54) is 12.8 Å². The maximum atomic E-state index is 9.41. The zero-order valence-corrected chi connectivity index (χ0v) is 11.8. The molecular weight excluding hydrogens is 282 g/mol. The van der Waals surface area contributed by atoms with Crippen molar-refractivity contribution in [1.29, 1.82) is 0 Å². The van der Waals surface area contributed by atoms with Gasteiger partial charge in [0.1, 0.15) is 0 Å². The lowest BCUT2D eigenvalue weighted by Gasteiger charge is -2.39. The minimum atomic E-state index is 0.271. The van der Waals surface area contributed by atoms with Gasteiger partial charge in [-0.3, -0.25) is 9.58 Å². The minimum Gasteiger partial charge on any atom is -0.395 e. The summed E-state index contributed by atoms with van der Waals surface area (Å²) >= 11 is 3.40. The van der Waals surface area contributed by atoms with E-state index in [4.69, 9.17) is 0 Å². The molecule has 0 aliphatic carbocycles. The van der Waals surface area contributed by atoms with Gasteiger partial charge in [-0.25, -0.2) is 0 Å². The van der Waals surface area contributed by atoms with Crippen molar-refractivity contribution in [1.82, 2.24) is 14.7 Å². The highest BCUT2D eigenvalue weighted by molar-refractivity contribution is 9.10. The molecule has 2 rings (SSSR count). The molecule has 2 atom stereocenters. The van der Waals surface area contributed by atoms with Crippen molar-refractivity contribution in [2.45, 2.75) is 44.8 Å². The molecule has 1 saturated heterocycles. The number of hydrogen-bond acceptors (Lipinski definition) is 3. The Morgan fingerprint density at radius 1 is 1.47 bits per heavy atom. The van der Waals surface area contributed by atoms with Crippen molar-refractivity contribution in [3.63, 3.8) is 0 Å². The van der Waals surface area contributed by atoms with Crippen LogP contribution in [-0.2, 0) is 6.54 Å². The average molecular weight is 302 g/mol. The van der Waals surface area contributed by atoms with Gasteiger partial charge in [-0.15, -0.1) is 0 Å². The zero-order valence-electron chi connectivity index (χ0n) is 10.2. The van der Waals surface area contributed by atoms with Crippen LogP contribution in [0.4, 0.5) is 0 Å². The minimum absolute atomic E-state index is 0.271. The molecule has 4 nitrogen and oxygen atoms in total. The van der Waals surface area contributed by atoms with E-state index in [-0.39, 0.29) is 6.61 Å². The molecule has 0 bridgehead atoms. The summed E-state index contributed by atoms with van der Waals surface area (Å²) in [6.45, 7) is 4.36. The molecule has 1 aliphatic rings. The Balaban J connectivity index is 1.91. The summed E-state index contributed by atoms with van der Waals surface area (Å²) in [5.74, 6) is 0. The van der Waals surface area contributed by atoms with Crippen LogP contribution in [0.3, 0.4) is 0 Å². The molecule has 1 aromatic heterocycles. The van der Waals surface area contributed by atoms with E-state index in [9.17, 15) is 5.11 Å². The van der Waals surface area contributed by atoms with Gasteiger partial charge in [0.15, 0.2) is 0 Å². The van der Waals surface area contributed by atoms with E-state index in [2.05, 4.69) is 32.9 Å². The lowest BCUT2D eigenvalue weighted by molar-refractivity contribution is 0.0482. The monoisotopic (exact) mass is 301 g/mol. The van der Waals surface area contributed by atoms with Gasteiger partial charge in [0.05, 0.1) is 23.8 Å². The van der Waals surface area contributed by atoms with Gasteiger partial charge in [0.2, 0.25) is 0 Å². The average Bonchev–Trinajstić information content (AvgIpc) is 2.73. The highest BCUT2D eigenvalue weighted by Gasteiger charge is 2.26. The van der Waals surface area contributed by atoms with Crippen LogP contribution in [0.2, 0.25) is 0 Å². The van der Waals surface area contributed by atoms with Crippen LogP contribution in [0, 0.1) is 0 Å². The maximum absolute atomic E-state index is 9.41. The van der Waals surface area contributed by atoms with Crippen molar-refractivity contribution >= 4 is 15.9 Å². The summed E-state index contributed by atoms with van der Waals surface area (Å²) in [5, 5.41) is 13.7. The molecule has 0 radical (unpaired) electrons. The van der Waals surface area contributed by atoms with Crippen molar-refractivity contribution in [3.8, 4) is 0 Å². The molecule has 2 unspecified atom stereocenters. The Bertz CT molecular complexity index is 355. The van der Waals surface area contributed by atoms with Crippen LogP contribution in [0.15, 0.2) is 16.9 Å². The van der Waals surface area contributed by atoms with Crippen LogP contribution in [-0.4, -0.2) is 45.0 Å². The SMILES string of the molecule is CC1CCCC(CO)N1CCn1cc(Br)cn1. The first-order valence-electron chi connectivity index (χ1n) is 6.25. The van der Waals surface area contributed by atoms with E-state index in [0.29, 0.717) is 12.1 Å². The summed E-state index contributed by atoms with van der Waals surface area (Å²) in [5.41, 5.74) is 0.